The molecule has 0 spiro atoms. The van der Waals surface area contributed by atoms with E-state index >= 15 is 0 Å². The maximum absolute atomic E-state index is 13.9. The van der Waals surface area contributed by atoms with Crippen LogP contribution in [0.3, 0.4) is 0 Å². The van der Waals surface area contributed by atoms with Crippen LogP contribution in [0.2, 0.25) is 10.0 Å². The van der Waals surface area contributed by atoms with E-state index in [1.54, 1.807) is 31.2 Å². The fraction of sp³-hybridized carbons (Fsp3) is 0.286. The van der Waals surface area contributed by atoms with Gasteiger partial charge in [0.1, 0.15) is 12.6 Å². The zero-order valence-electron chi connectivity index (χ0n) is 21.8. The topological polar surface area (TPSA) is 86.8 Å². The van der Waals surface area contributed by atoms with Crippen LogP contribution < -0.4 is 9.62 Å². The van der Waals surface area contributed by atoms with Gasteiger partial charge in [0.25, 0.3) is 10.0 Å². The second-order valence-electron chi connectivity index (χ2n) is 9.36. The van der Waals surface area contributed by atoms with Crippen molar-refractivity contribution in [3.8, 4) is 0 Å². The SMILES string of the molecule is CC(C)CNC(=O)[C@H](C)N(Cc1cccc(Br)c1)C(=O)CN(c1cccc(Cl)c1Cl)S(=O)(=O)c1ccccc1. The molecular weight excluding hydrogens is 625 g/mol. The Morgan fingerprint density at radius 3 is 2.26 bits per heavy atom. The standard InChI is InChI=1S/C28H30BrCl2N3O4S/c1-19(2)16-32-28(36)20(3)33(17-21-9-7-10-22(29)15-21)26(35)18-34(25-14-8-13-24(30)27(25)31)39(37,38)23-11-5-4-6-12-23/h4-15,19-20H,16-18H2,1-3H3,(H,32,36)/t20-/m0/s1. The molecule has 3 aromatic rings. The van der Waals surface area contributed by atoms with Gasteiger partial charge in [0.2, 0.25) is 11.8 Å². The molecule has 0 aliphatic heterocycles. The molecule has 0 radical (unpaired) electrons. The van der Waals surface area contributed by atoms with Crippen molar-refractivity contribution in [1.29, 1.82) is 0 Å². The highest BCUT2D eigenvalue weighted by atomic mass is 79.9. The van der Waals surface area contributed by atoms with Gasteiger partial charge in [0.15, 0.2) is 0 Å². The van der Waals surface area contributed by atoms with Crippen LogP contribution in [0.25, 0.3) is 0 Å². The Morgan fingerprint density at radius 1 is 0.949 bits per heavy atom. The largest absolute Gasteiger partial charge is 0.354 e. The summed E-state index contributed by atoms with van der Waals surface area (Å²) in [6.45, 7) is 5.47. The molecule has 0 fully saturated rings. The molecule has 0 bridgehead atoms. The third-order valence-corrected chi connectivity index (χ3v) is 8.98. The Bertz CT molecular complexity index is 1420. The van der Waals surface area contributed by atoms with Crippen LogP contribution >= 0.6 is 39.1 Å². The summed E-state index contributed by atoms with van der Waals surface area (Å²) < 4.78 is 29.4. The first kappa shape index (κ1) is 30.9. The van der Waals surface area contributed by atoms with E-state index in [4.69, 9.17) is 23.2 Å². The average molecular weight is 655 g/mol. The van der Waals surface area contributed by atoms with E-state index in [-0.39, 0.29) is 39.0 Å². The fourth-order valence-electron chi connectivity index (χ4n) is 3.79. The minimum absolute atomic E-state index is 0.00672. The normalized spacial score (nSPS) is 12.2. The van der Waals surface area contributed by atoms with Crippen LogP contribution in [-0.4, -0.2) is 44.3 Å². The molecule has 3 rings (SSSR count). The molecule has 7 nitrogen and oxygen atoms in total. The Balaban J connectivity index is 2.04. The fourth-order valence-corrected chi connectivity index (χ4v) is 6.13. The Labute approximate surface area is 248 Å². The van der Waals surface area contributed by atoms with Crippen molar-refractivity contribution in [1.82, 2.24) is 10.2 Å². The Morgan fingerprint density at radius 2 is 1.62 bits per heavy atom. The molecule has 11 heteroatoms. The summed E-state index contributed by atoms with van der Waals surface area (Å²) in [5, 5.41) is 2.99. The molecule has 0 heterocycles. The summed E-state index contributed by atoms with van der Waals surface area (Å²) in [4.78, 5) is 28.3. The highest BCUT2D eigenvalue weighted by Crippen LogP contribution is 2.35. The van der Waals surface area contributed by atoms with Crippen molar-refractivity contribution in [3.63, 3.8) is 0 Å². The number of anilines is 1. The molecule has 39 heavy (non-hydrogen) atoms. The monoisotopic (exact) mass is 653 g/mol. The molecule has 1 N–H and O–H groups in total. The number of sulfonamides is 1. The first-order valence-electron chi connectivity index (χ1n) is 12.2. The number of nitrogens with zero attached hydrogens (tertiary/aromatic N) is 2. The lowest BCUT2D eigenvalue weighted by Crippen LogP contribution is -2.51. The molecule has 0 aliphatic carbocycles. The lowest BCUT2D eigenvalue weighted by atomic mass is 10.1. The minimum atomic E-state index is -4.23. The third-order valence-electron chi connectivity index (χ3n) is 5.90. The predicted octanol–water partition coefficient (Wildman–Crippen LogP) is 6.14. The van der Waals surface area contributed by atoms with Crippen molar-refractivity contribution in [2.24, 2.45) is 5.92 Å². The summed E-state index contributed by atoms with van der Waals surface area (Å²) >= 11 is 16.1. The molecule has 3 aromatic carbocycles. The van der Waals surface area contributed by atoms with Crippen molar-refractivity contribution < 1.29 is 18.0 Å². The molecule has 0 saturated heterocycles. The predicted molar refractivity (Wildman–Crippen MR) is 159 cm³/mol. The molecule has 0 aliphatic rings. The first-order chi connectivity index (χ1) is 18.4. The molecule has 0 aromatic heterocycles. The number of nitrogens with one attached hydrogen (secondary N) is 1. The van der Waals surface area contributed by atoms with Gasteiger partial charge in [-0.05, 0) is 54.8 Å². The molecule has 1 atom stereocenters. The number of rotatable bonds is 11. The van der Waals surface area contributed by atoms with E-state index in [1.165, 1.54) is 29.2 Å². The summed E-state index contributed by atoms with van der Waals surface area (Å²) in [6.07, 6.45) is 0. The lowest BCUT2D eigenvalue weighted by Gasteiger charge is -2.32. The Kier molecular flexibility index (Phi) is 10.8. The number of benzene rings is 3. The van der Waals surface area contributed by atoms with Gasteiger partial charge in [-0.2, -0.15) is 0 Å². The van der Waals surface area contributed by atoms with E-state index in [1.807, 2.05) is 38.1 Å². The van der Waals surface area contributed by atoms with Crippen LogP contribution in [0.4, 0.5) is 5.69 Å². The first-order valence-corrected chi connectivity index (χ1v) is 15.2. The summed E-state index contributed by atoms with van der Waals surface area (Å²) in [5.74, 6) is -0.713. The lowest BCUT2D eigenvalue weighted by molar-refractivity contribution is -0.139. The van der Waals surface area contributed by atoms with Crippen molar-refractivity contribution in [3.05, 3.63) is 92.9 Å². The van der Waals surface area contributed by atoms with Crippen LogP contribution in [0.15, 0.2) is 82.2 Å². The van der Waals surface area contributed by atoms with E-state index < -0.39 is 28.5 Å². The van der Waals surface area contributed by atoms with Gasteiger partial charge < -0.3 is 10.2 Å². The highest BCUT2D eigenvalue weighted by Gasteiger charge is 2.33. The molecular formula is C28H30BrCl2N3O4S. The molecule has 0 unspecified atom stereocenters. The van der Waals surface area contributed by atoms with Gasteiger partial charge >= 0.3 is 0 Å². The van der Waals surface area contributed by atoms with Gasteiger partial charge in [-0.15, -0.1) is 0 Å². The van der Waals surface area contributed by atoms with E-state index in [2.05, 4.69) is 21.2 Å². The van der Waals surface area contributed by atoms with E-state index in [0.29, 0.717) is 6.54 Å². The minimum Gasteiger partial charge on any atom is -0.354 e. The van der Waals surface area contributed by atoms with Crippen LogP contribution in [0.1, 0.15) is 26.3 Å². The second-order valence-corrected chi connectivity index (χ2v) is 12.9. The van der Waals surface area contributed by atoms with Crippen molar-refractivity contribution in [2.45, 2.75) is 38.3 Å². The van der Waals surface area contributed by atoms with Gasteiger partial charge in [-0.1, -0.05) is 89.4 Å². The summed E-state index contributed by atoms with van der Waals surface area (Å²) in [6, 6.07) is 18.8. The number of amides is 2. The van der Waals surface area contributed by atoms with Crippen LogP contribution in [0, 0.1) is 5.92 Å². The quantitative estimate of drug-likeness (QED) is 0.269. The number of hydrogen-bond donors (Lipinski definition) is 1. The summed E-state index contributed by atoms with van der Waals surface area (Å²) in [7, 11) is -4.23. The summed E-state index contributed by atoms with van der Waals surface area (Å²) in [5.41, 5.74) is 0.820. The van der Waals surface area contributed by atoms with E-state index in [0.717, 1.165) is 14.3 Å². The number of hydrogen-bond acceptors (Lipinski definition) is 4. The zero-order chi connectivity index (χ0) is 28.7. The maximum Gasteiger partial charge on any atom is 0.264 e. The third kappa shape index (κ3) is 7.97. The van der Waals surface area contributed by atoms with Crippen molar-refractivity contribution in [2.75, 3.05) is 17.4 Å². The zero-order valence-corrected chi connectivity index (χ0v) is 25.7. The smallest absolute Gasteiger partial charge is 0.264 e. The maximum atomic E-state index is 13.9. The second kappa shape index (κ2) is 13.7. The molecule has 208 valence electrons. The average Bonchev–Trinajstić information content (AvgIpc) is 2.90. The van der Waals surface area contributed by atoms with Crippen LogP contribution in [-0.2, 0) is 26.2 Å². The van der Waals surface area contributed by atoms with Gasteiger partial charge in [-0.25, -0.2) is 8.42 Å². The van der Waals surface area contributed by atoms with Crippen LogP contribution in [0.5, 0.6) is 0 Å². The Hall–Kier alpha value is -2.59. The van der Waals surface area contributed by atoms with Gasteiger partial charge in [0.05, 0.1) is 20.6 Å². The number of carbonyl (C=O) groups is 2. The number of carbonyl (C=O) groups excluding carboxylic acids is 2. The highest BCUT2D eigenvalue weighted by molar-refractivity contribution is 9.10. The van der Waals surface area contributed by atoms with Gasteiger partial charge in [0, 0.05) is 17.6 Å². The van der Waals surface area contributed by atoms with E-state index in [9.17, 15) is 18.0 Å². The number of halogens is 3. The van der Waals surface area contributed by atoms with Crippen molar-refractivity contribution >= 4 is 66.7 Å². The molecule has 0 saturated carbocycles. The van der Waals surface area contributed by atoms with Gasteiger partial charge in [-0.3, -0.25) is 13.9 Å². The molecule has 2 amide bonds.